The number of rotatable bonds is 5. The summed E-state index contributed by atoms with van der Waals surface area (Å²) >= 11 is 1.15. The number of sulfonamides is 1. The molecule has 108 valence electrons. The third-order valence-corrected chi connectivity index (χ3v) is 5.72. The quantitative estimate of drug-likeness (QED) is 0.922. The van der Waals surface area contributed by atoms with E-state index in [1.807, 2.05) is 0 Å². The molecule has 0 bridgehead atoms. The Bertz CT molecular complexity index is 697. The Balaban J connectivity index is 2.48. The number of nitrogens with zero attached hydrogens (tertiary/aromatic N) is 1. The van der Waals surface area contributed by atoms with E-state index in [1.165, 1.54) is 29.6 Å². The summed E-state index contributed by atoms with van der Waals surface area (Å²) in [5, 5.41) is 10.5. The zero-order valence-corrected chi connectivity index (χ0v) is 12.4. The van der Waals surface area contributed by atoms with Gasteiger partial charge in [-0.05, 0) is 25.1 Å². The van der Waals surface area contributed by atoms with Gasteiger partial charge in [-0.3, -0.25) is 4.31 Å². The van der Waals surface area contributed by atoms with E-state index in [0.29, 0.717) is 4.88 Å². The highest BCUT2D eigenvalue weighted by atomic mass is 32.2. The molecule has 1 aromatic heterocycles. The van der Waals surface area contributed by atoms with Crippen LogP contribution < -0.4 is 4.31 Å². The number of aliphatic hydroxyl groups is 1. The molecule has 0 aliphatic carbocycles. The molecule has 7 heteroatoms. The smallest absolute Gasteiger partial charge is 0.265 e. The second-order valence-electron chi connectivity index (χ2n) is 4.03. The minimum Gasteiger partial charge on any atom is -0.391 e. The summed E-state index contributed by atoms with van der Waals surface area (Å²) in [5.41, 5.74) is 0.0201. The van der Waals surface area contributed by atoms with Crippen LogP contribution in [0.25, 0.3) is 0 Å². The van der Waals surface area contributed by atoms with Crippen LogP contribution in [0.3, 0.4) is 0 Å². The first-order valence-corrected chi connectivity index (χ1v) is 8.28. The van der Waals surface area contributed by atoms with Crippen molar-refractivity contribution in [1.82, 2.24) is 0 Å². The number of hydrogen-bond donors (Lipinski definition) is 1. The predicted octanol–water partition coefficient (Wildman–Crippen LogP) is 2.59. The maximum Gasteiger partial charge on any atom is 0.265 e. The van der Waals surface area contributed by atoms with Crippen LogP contribution in [0.15, 0.2) is 40.6 Å². The summed E-state index contributed by atoms with van der Waals surface area (Å²) in [6.45, 7) is 1.54. The summed E-state index contributed by atoms with van der Waals surface area (Å²) in [5.74, 6) is -0.587. The Morgan fingerprint density at radius 2 is 2.05 bits per heavy atom. The lowest BCUT2D eigenvalue weighted by atomic mass is 10.3. The monoisotopic (exact) mass is 315 g/mol. The Kier molecular flexibility index (Phi) is 4.42. The Morgan fingerprint density at radius 3 is 2.60 bits per heavy atom. The maximum absolute atomic E-state index is 13.8. The minimum atomic E-state index is -3.82. The largest absolute Gasteiger partial charge is 0.391 e. The number of aliphatic hydroxyl groups excluding tert-OH is 1. The third-order valence-electron chi connectivity index (χ3n) is 2.78. The second-order valence-corrected chi connectivity index (χ2v) is 6.89. The van der Waals surface area contributed by atoms with Gasteiger partial charge in [-0.2, -0.15) is 0 Å². The zero-order valence-electron chi connectivity index (χ0n) is 10.8. The molecule has 0 amide bonds. The van der Waals surface area contributed by atoms with Crippen LogP contribution in [0.2, 0.25) is 0 Å². The van der Waals surface area contributed by atoms with Gasteiger partial charge in [-0.15, -0.1) is 11.3 Å². The summed E-state index contributed by atoms with van der Waals surface area (Å²) in [4.78, 5) is 0.616. The van der Waals surface area contributed by atoms with Crippen LogP contribution in [0, 0.1) is 5.82 Å². The van der Waals surface area contributed by atoms with Gasteiger partial charge < -0.3 is 5.11 Å². The third kappa shape index (κ3) is 2.70. The van der Waals surface area contributed by atoms with Crippen molar-refractivity contribution in [2.45, 2.75) is 18.4 Å². The van der Waals surface area contributed by atoms with Crippen molar-refractivity contribution in [3.05, 3.63) is 46.4 Å². The fourth-order valence-electron chi connectivity index (χ4n) is 1.83. The Hall–Kier alpha value is -1.44. The summed E-state index contributed by atoms with van der Waals surface area (Å²) < 4.78 is 39.9. The molecule has 1 N–H and O–H groups in total. The fraction of sp³-hybridized carbons (Fsp3) is 0.231. The van der Waals surface area contributed by atoms with Gasteiger partial charge in [0.1, 0.15) is 5.82 Å². The SMILES string of the molecule is CCN(c1ccccc1F)S(=O)(=O)c1csc(CO)c1. The zero-order chi connectivity index (χ0) is 14.8. The van der Waals surface area contributed by atoms with Gasteiger partial charge in [0, 0.05) is 16.8 Å². The lowest BCUT2D eigenvalue weighted by Crippen LogP contribution is -2.31. The van der Waals surface area contributed by atoms with Crippen molar-refractivity contribution in [2.75, 3.05) is 10.8 Å². The first-order chi connectivity index (χ1) is 9.50. The molecule has 20 heavy (non-hydrogen) atoms. The van der Waals surface area contributed by atoms with E-state index in [4.69, 9.17) is 5.11 Å². The van der Waals surface area contributed by atoms with Crippen LogP contribution in [0.1, 0.15) is 11.8 Å². The number of para-hydroxylation sites is 1. The van der Waals surface area contributed by atoms with E-state index < -0.39 is 15.8 Å². The van der Waals surface area contributed by atoms with Crippen LogP contribution in [0.5, 0.6) is 0 Å². The second kappa shape index (κ2) is 5.90. The lowest BCUT2D eigenvalue weighted by Gasteiger charge is -2.22. The fourth-order valence-corrected chi connectivity index (χ4v) is 4.43. The highest BCUT2D eigenvalue weighted by molar-refractivity contribution is 7.93. The van der Waals surface area contributed by atoms with Crippen molar-refractivity contribution in [3.8, 4) is 0 Å². The van der Waals surface area contributed by atoms with E-state index in [2.05, 4.69) is 0 Å². The molecule has 0 atom stereocenters. The first-order valence-electron chi connectivity index (χ1n) is 5.96. The highest BCUT2D eigenvalue weighted by Gasteiger charge is 2.26. The van der Waals surface area contributed by atoms with Crippen molar-refractivity contribution in [3.63, 3.8) is 0 Å². The van der Waals surface area contributed by atoms with Crippen molar-refractivity contribution in [1.29, 1.82) is 0 Å². The number of anilines is 1. The number of thiophene rings is 1. The van der Waals surface area contributed by atoms with E-state index in [-0.39, 0.29) is 23.7 Å². The Labute approximate surface area is 121 Å². The minimum absolute atomic E-state index is 0.0201. The van der Waals surface area contributed by atoms with Crippen molar-refractivity contribution >= 4 is 27.0 Å². The molecule has 1 heterocycles. The average molecular weight is 315 g/mol. The maximum atomic E-state index is 13.8. The molecule has 0 unspecified atom stereocenters. The van der Waals surface area contributed by atoms with E-state index in [9.17, 15) is 12.8 Å². The average Bonchev–Trinajstić information content (AvgIpc) is 2.91. The molecular formula is C13H14FNO3S2. The van der Waals surface area contributed by atoms with Gasteiger partial charge in [-0.1, -0.05) is 12.1 Å². The summed E-state index contributed by atoms with van der Waals surface area (Å²) in [6, 6.07) is 7.15. The van der Waals surface area contributed by atoms with E-state index >= 15 is 0 Å². The van der Waals surface area contributed by atoms with Gasteiger partial charge >= 0.3 is 0 Å². The van der Waals surface area contributed by atoms with Gasteiger partial charge in [0.25, 0.3) is 10.0 Å². The molecule has 0 aliphatic heterocycles. The van der Waals surface area contributed by atoms with Crippen molar-refractivity contribution in [2.24, 2.45) is 0 Å². The normalized spacial score (nSPS) is 11.6. The molecule has 2 rings (SSSR count). The van der Waals surface area contributed by atoms with Gasteiger partial charge in [0.05, 0.1) is 17.2 Å². The Morgan fingerprint density at radius 1 is 1.35 bits per heavy atom. The summed E-state index contributed by atoms with van der Waals surface area (Å²) in [6.07, 6.45) is 0. The predicted molar refractivity (Wildman–Crippen MR) is 76.8 cm³/mol. The molecular weight excluding hydrogens is 301 g/mol. The van der Waals surface area contributed by atoms with Crippen LogP contribution in [-0.4, -0.2) is 20.1 Å². The molecule has 0 aliphatic rings. The van der Waals surface area contributed by atoms with Gasteiger partial charge in [-0.25, -0.2) is 12.8 Å². The molecule has 4 nitrogen and oxygen atoms in total. The first kappa shape index (κ1) is 15.0. The molecule has 2 aromatic rings. The molecule has 0 fully saturated rings. The van der Waals surface area contributed by atoms with Crippen LogP contribution in [-0.2, 0) is 16.6 Å². The number of hydrogen-bond acceptors (Lipinski definition) is 4. The van der Waals surface area contributed by atoms with Gasteiger partial charge in [0.2, 0.25) is 0 Å². The van der Waals surface area contributed by atoms with Gasteiger partial charge in [0.15, 0.2) is 0 Å². The highest BCUT2D eigenvalue weighted by Crippen LogP contribution is 2.28. The standard InChI is InChI=1S/C13H14FNO3S2/c1-2-15(13-6-4-3-5-12(13)14)20(17,18)11-7-10(8-16)19-9-11/h3-7,9,16H,2,8H2,1H3. The summed E-state index contributed by atoms with van der Waals surface area (Å²) in [7, 11) is -3.82. The molecule has 0 saturated heterocycles. The van der Waals surface area contributed by atoms with Crippen molar-refractivity contribution < 1.29 is 17.9 Å². The lowest BCUT2D eigenvalue weighted by molar-refractivity contribution is 0.285. The van der Waals surface area contributed by atoms with Crippen LogP contribution in [0.4, 0.5) is 10.1 Å². The number of benzene rings is 1. The topological polar surface area (TPSA) is 57.6 Å². The molecule has 0 spiro atoms. The van der Waals surface area contributed by atoms with E-state index in [0.717, 1.165) is 15.6 Å². The van der Waals surface area contributed by atoms with Crippen LogP contribution >= 0.6 is 11.3 Å². The molecule has 1 aromatic carbocycles. The number of halogens is 1. The van der Waals surface area contributed by atoms with E-state index in [1.54, 1.807) is 13.0 Å². The molecule has 0 saturated carbocycles. The molecule has 0 radical (unpaired) electrons.